The van der Waals surface area contributed by atoms with Gasteiger partial charge < -0.3 is 5.32 Å². The Bertz CT molecular complexity index is 818. The zero-order valence-electron chi connectivity index (χ0n) is 12.6. The van der Waals surface area contributed by atoms with Crippen molar-refractivity contribution in [3.63, 3.8) is 0 Å². The number of nitrogens with one attached hydrogen (secondary N) is 1. The predicted molar refractivity (Wildman–Crippen MR) is 76.7 cm³/mol. The predicted octanol–water partition coefficient (Wildman–Crippen LogP) is 3.75. The van der Waals surface area contributed by atoms with Gasteiger partial charge in [-0.15, -0.1) is 0 Å². The van der Waals surface area contributed by atoms with Crippen LogP contribution in [0.15, 0.2) is 24.4 Å². The topological polar surface area (TPSA) is 70.7 Å². The summed E-state index contributed by atoms with van der Waals surface area (Å²) in [6, 6.07) is 4.11. The molecule has 1 aromatic carbocycles. The molecule has 5 nitrogen and oxygen atoms in total. The van der Waals surface area contributed by atoms with Crippen molar-refractivity contribution in [3.05, 3.63) is 47.0 Å². The van der Waals surface area contributed by atoms with Crippen molar-refractivity contribution in [3.8, 4) is 6.07 Å². The van der Waals surface area contributed by atoms with Gasteiger partial charge in [-0.1, -0.05) is 0 Å². The van der Waals surface area contributed by atoms with E-state index in [1.165, 1.54) is 13.8 Å². The highest BCUT2D eigenvalue weighted by molar-refractivity contribution is 6.05. The molecule has 2 rings (SSSR count). The monoisotopic (exact) mass is 340 g/mol. The number of benzene rings is 1. The standard InChI is InChI=1S/C15H12F4N4O/c1-8(2)23-13(15(17,18)19)11(7-21-23)14(24)22-10-3-4-12(16)9(5-10)6-20/h3-5,7-8H,1-2H3,(H,22,24). The van der Waals surface area contributed by atoms with E-state index < -0.39 is 35.2 Å². The second-order valence-electron chi connectivity index (χ2n) is 5.20. The summed E-state index contributed by atoms with van der Waals surface area (Å²) in [5.74, 6) is -1.84. The van der Waals surface area contributed by atoms with E-state index >= 15 is 0 Å². The lowest BCUT2D eigenvalue weighted by Crippen LogP contribution is -2.22. The van der Waals surface area contributed by atoms with Crippen LogP contribution in [-0.2, 0) is 6.18 Å². The molecule has 0 fully saturated rings. The van der Waals surface area contributed by atoms with Gasteiger partial charge in [0, 0.05) is 11.7 Å². The molecule has 1 N–H and O–H groups in total. The quantitative estimate of drug-likeness (QED) is 0.865. The molecule has 2 aromatic rings. The lowest BCUT2D eigenvalue weighted by molar-refractivity contribution is -0.145. The molecular formula is C15H12F4N4O. The van der Waals surface area contributed by atoms with E-state index in [4.69, 9.17) is 5.26 Å². The molecular weight excluding hydrogens is 328 g/mol. The van der Waals surface area contributed by atoms with Gasteiger partial charge in [-0.05, 0) is 32.0 Å². The first kappa shape index (κ1) is 17.5. The van der Waals surface area contributed by atoms with Crippen molar-refractivity contribution < 1.29 is 22.4 Å². The summed E-state index contributed by atoms with van der Waals surface area (Å²) in [6.07, 6.45) is -3.94. The number of carbonyl (C=O) groups is 1. The van der Waals surface area contributed by atoms with Crippen LogP contribution in [0.3, 0.4) is 0 Å². The molecule has 0 aliphatic carbocycles. The van der Waals surface area contributed by atoms with E-state index in [2.05, 4.69) is 10.4 Å². The van der Waals surface area contributed by atoms with Gasteiger partial charge in [-0.25, -0.2) is 4.39 Å². The van der Waals surface area contributed by atoms with E-state index in [-0.39, 0.29) is 11.3 Å². The van der Waals surface area contributed by atoms with Crippen molar-refractivity contribution in [2.24, 2.45) is 0 Å². The largest absolute Gasteiger partial charge is 0.433 e. The summed E-state index contributed by atoms with van der Waals surface area (Å²) in [4.78, 5) is 12.2. The molecule has 9 heteroatoms. The lowest BCUT2D eigenvalue weighted by Gasteiger charge is -2.15. The van der Waals surface area contributed by atoms with Gasteiger partial charge in [-0.3, -0.25) is 9.48 Å². The zero-order chi connectivity index (χ0) is 18.1. The van der Waals surface area contributed by atoms with Crippen LogP contribution in [-0.4, -0.2) is 15.7 Å². The Morgan fingerprint density at radius 3 is 2.58 bits per heavy atom. The van der Waals surface area contributed by atoms with Crippen LogP contribution in [0.5, 0.6) is 0 Å². The summed E-state index contributed by atoms with van der Waals surface area (Å²) >= 11 is 0. The molecule has 0 unspecified atom stereocenters. The van der Waals surface area contributed by atoms with Crippen molar-refractivity contribution in [1.29, 1.82) is 5.26 Å². The summed E-state index contributed by atoms with van der Waals surface area (Å²) in [5.41, 5.74) is -2.15. The maximum atomic E-state index is 13.2. The summed E-state index contributed by atoms with van der Waals surface area (Å²) < 4.78 is 53.7. The van der Waals surface area contributed by atoms with Gasteiger partial charge in [0.1, 0.15) is 11.9 Å². The second-order valence-corrected chi connectivity index (χ2v) is 5.20. The molecule has 1 aromatic heterocycles. The third-order valence-electron chi connectivity index (χ3n) is 3.14. The molecule has 0 bridgehead atoms. The van der Waals surface area contributed by atoms with Gasteiger partial charge in [0.25, 0.3) is 5.91 Å². The van der Waals surface area contributed by atoms with E-state index in [9.17, 15) is 22.4 Å². The Kier molecular flexibility index (Phi) is 4.59. The molecule has 0 saturated carbocycles. The molecule has 0 radical (unpaired) electrons. The molecule has 1 amide bonds. The average molecular weight is 340 g/mol. The number of anilines is 1. The summed E-state index contributed by atoms with van der Waals surface area (Å²) in [5, 5.41) is 14.6. The van der Waals surface area contributed by atoms with Crippen LogP contribution in [0.2, 0.25) is 0 Å². The first-order valence-corrected chi connectivity index (χ1v) is 6.81. The molecule has 0 saturated heterocycles. The zero-order valence-corrected chi connectivity index (χ0v) is 12.6. The van der Waals surface area contributed by atoms with E-state index in [0.717, 1.165) is 24.4 Å². The Morgan fingerprint density at radius 2 is 2.04 bits per heavy atom. The Hall–Kier alpha value is -2.89. The molecule has 0 aliphatic rings. The highest BCUT2D eigenvalue weighted by Gasteiger charge is 2.40. The minimum atomic E-state index is -4.77. The molecule has 24 heavy (non-hydrogen) atoms. The summed E-state index contributed by atoms with van der Waals surface area (Å²) in [6.45, 7) is 3.01. The SMILES string of the molecule is CC(C)n1ncc(C(=O)Nc2ccc(F)c(C#N)c2)c1C(F)(F)F. The van der Waals surface area contributed by atoms with E-state index in [0.29, 0.717) is 4.68 Å². The van der Waals surface area contributed by atoms with Gasteiger partial charge in [-0.2, -0.15) is 23.5 Å². The smallest absolute Gasteiger partial charge is 0.322 e. The highest BCUT2D eigenvalue weighted by Crippen LogP contribution is 2.34. The molecule has 126 valence electrons. The second kappa shape index (κ2) is 6.31. The van der Waals surface area contributed by atoms with E-state index in [1.54, 1.807) is 6.07 Å². The number of carbonyl (C=O) groups excluding carboxylic acids is 1. The molecule has 0 aliphatic heterocycles. The maximum absolute atomic E-state index is 13.2. The van der Waals surface area contributed by atoms with Crippen molar-refractivity contribution >= 4 is 11.6 Å². The molecule has 1 heterocycles. The van der Waals surface area contributed by atoms with Crippen LogP contribution >= 0.6 is 0 Å². The van der Waals surface area contributed by atoms with Crippen molar-refractivity contribution in [1.82, 2.24) is 9.78 Å². The van der Waals surface area contributed by atoms with Gasteiger partial charge in [0.2, 0.25) is 0 Å². The number of rotatable bonds is 3. The Morgan fingerprint density at radius 1 is 1.38 bits per heavy atom. The van der Waals surface area contributed by atoms with E-state index in [1.807, 2.05) is 0 Å². The van der Waals surface area contributed by atoms with Gasteiger partial charge >= 0.3 is 6.18 Å². The first-order chi connectivity index (χ1) is 11.1. The number of nitriles is 1. The fourth-order valence-corrected chi connectivity index (χ4v) is 2.09. The Labute approximate surface area is 134 Å². The van der Waals surface area contributed by atoms with Gasteiger partial charge in [0.05, 0.1) is 17.3 Å². The van der Waals surface area contributed by atoms with Crippen LogP contribution in [0, 0.1) is 17.1 Å². The minimum absolute atomic E-state index is 0.00312. The fourth-order valence-electron chi connectivity index (χ4n) is 2.09. The number of alkyl halides is 3. The van der Waals surface area contributed by atoms with Crippen molar-refractivity contribution in [2.75, 3.05) is 5.32 Å². The lowest BCUT2D eigenvalue weighted by atomic mass is 10.1. The average Bonchev–Trinajstić information content (AvgIpc) is 2.94. The number of halogens is 4. The molecule has 0 atom stereocenters. The number of amides is 1. The van der Waals surface area contributed by atoms with Crippen LogP contribution in [0.25, 0.3) is 0 Å². The number of nitrogens with zero attached hydrogens (tertiary/aromatic N) is 3. The number of hydrogen-bond donors (Lipinski definition) is 1. The fraction of sp³-hybridized carbons (Fsp3) is 0.267. The normalized spacial score (nSPS) is 11.4. The van der Waals surface area contributed by atoms with Crippen LogP contribution < -0.4 is 5.32 Å². The number of hydrogen-bond acceptors (Lipinski definition) is 3. The van der Waals surface area contributed by atoms with Gasteiger partial charge in [0.15, 0.2) is 5.69 Å². The van der Waals surface area contributed by atoms with Crippen LogP contribution in [0.4, 0.5) is 23.2 Å². The number of aromatic nitrogens is 2. The molecule has 0 spiro atoms. The Balaban J connectivity index is 2.39. The first-order valence-electron chi connectivity index (χ1n) is 6.81. The minimum Gasteiger partial charge on any atom is -0.322 e. The third kappa shape index (κ3) is 3.37. The van der Waals surface area contributed by atoms with Crippen LogP contribution in [0.1, 0.15) is 41.5 Å². The highest BCUT2D eigenvalue weighted by atomic mass is 19.4. The third-order valence-corrected chi connectivity index (χ3v) is 3.14. The summed E-state index contributed by atoms with van der Waals surface area (Å²) in [7, 11) is 0. The van der Waals surface area contributed by atoms with Crippen molar-refractivity contribution in [2.45, 2.75) is 26.1 Å². The maximum Gasteiger partial charge on any atom is 0.433 e.